The van der Waals surface area contributed by atoms with Crippen LogP contribution < -0.4 is 0 Å². The smallest absolute Gasteiger partial charge is 0.169 e. The second-order valence-corrected chi connectivity index (χ2v) is 4.06. The van der Waals surface area contributed by atoms with Crippen LogP contribution in [0.25, 0.3) is 0 Å². The van der Waals surface area contributed by atoms with Crippen molar-refractivity contribution in [3.05, 3.63) is 0 Å². The normalized spacial score (nSPS) is 27.6. The standard InChI is InChI=1S/C9H19NO4/c1-9(2,12)8(11)10-4-5-14-7(6-10)13-3/h7-8,11-12H,4-6H2,1-3H3/t7-,8?/m1/s1. The molecule has 0 bridgehead atoms. The number of methoxy groups -OCH3 is 1. The molecule has 2 N–H and O–H groups in total. The number of morpholine rings is 1. The van der Waals surface area contributed by atoms with E-state index in [1.54, 1.807) is 25.9 Å². The molecule has 0 aromatic rings. The van der Waals surface area contributed by atoms with Gasteiger partial charge in [0.05, 0.1) is 18.8 Å². The topological polar surface area (TPSA) is 62.2 Å². The lowest BCUT2D eigenvalue weighted by atomic mass is 10.1. The van der Waals surface area contributed by atoms with Crippen LogP contribution in [-0.4, -0.2) is 60.0 Å². The van der Waals surface area contributed by atoms with Gasteiger partial charge >= 0.3 is 0 Å². The molecule has 0 aromatic heterocycles. The predicted molar refractivity (Wildman–Crippen MR) is 50.6 cm³/mol. The van der Waals surface area contributed by atoms with Gasteiger partial charge in [-0.15, -0.1) is 0 Å². The van der Waals surface area contributed by atoms with Crippen molar-refractivity contribution in [2.75, 3.05) is 26.8 Å². The minimum Gasteiger partial charge on any atom is -0.386 e. The zero-order valence-corrected chi connectivity index (χ0v) is 8.93. The predicted octanol–water partition coefficient (Wildman–Crippen LogP) is -0.620. The van der Waals surface area contributed by atoms with E-state index in [9.17, 15) is 10.2 Å². The largest absolute Gasteiger partial charge is 0.386 e. The van der Waals surface area contributed by atoms with Gasteiger partial charge in [0.25, 0.3) is 0 Å². The molecular formula is C9H19NO4. The van der Waals surface area contributed by atoms with Crippen LogP contribution in [0.2, 0.25) is 0 Å². The Morgan fingerprint density at radius 1 is 1.57 bits per heavy atom. The fraction of sp³-hybridized carbons (Fsp3) is 1.00. The molecule has 1 saturated heterocycles. The first kappa shape index (κ1) is 11.9. The SMILES string of the molecule is CO[C@H]1CN(C(O)C(C)(C)O)CCO1. The summed E-state index contributed by atoms with van der Waals surface area (Å²) in [5.74, 6) is 0. The summed E-state index contributed by atoms with van der Waals surface area (Å²) in [6.07, 6.45) is -1.20. The summed E-state index contributed by atoms with van der Waals surface area (Å²) in [5.41, 5.74) is -1.13. The van der Waals surface area contributed by atoms with Crippen LogP contribution in [0.3, 0.4) is 0 Å². The molecule has 0 aliphatic carbocycles. The Bertz CT molecular complexity index is 180. The Kier molecular flexibility index (Phi) is 3.86. The van der Waals surface area contributed by atoms with Gasteiger partial charge in [0.1, 0.15) is 6.23 Å². The Balaban J connectivity index is 2.51. The Labute approximate surface area is 84.2 Å². The number of nitrogens with zero attached hydrogens (tertiary/aromatic N) is 1. The molecule has 1 aliphatic rings. The Morgan fingerprint density at radius 3 is 2.71 bits per heavy atom. The van der Waals surface area contributed by atoms with Crippen LogP contribution in [0.1, 0.15) is 13.8 Å². The molecule has 1 fully saturated rings. The minimum absolute atomic E-state index is 0.319. The highest BCUT2D eigenvalue weighted by Gasteiger charge is 2.33. The van der Waals surface area contributed by atoms with Crippen LogP contribution in [-0.2, 0) is 9.47 Å². The van der Waals surface area contributed by atoms with Crippen molar-refractivity contribution >= 4 is 0 Å². The minimum atomic E-state index is -1.13. The van der Waals surface area contributed by atoms with Crippen molar-refractivity contribution in [1.29, 1.82) is 0 Å². The summed E-state index contributed by atoms with van der Waals surface area (Å²) in [6.45, 7) is 4.74. The summed E-state index contributed by atoms with van der Waals surface area (Å²) in [4.78, 5) is 1.75. The van der Waals surface area contributed by atoms with E-state index in [0.29, 0.717) is 19.7 Å². The zero-order valence-electron chi connectivity index (χ0n) is 8.93. The number of rotatable bonds is 3. The van der Waals surface area contributed by atoms with E-state index in [4.69, 9.17) is 9.47 Å². The van der Waals surface area contributed by atoms with E-state index in [-0.39, 0.29) is 6.29 Å². The van der Waals surface area contributed by atoms with Gasteiger partial charge in [0, 0.05) is 13.7 Å². The van der Waals surface area contributed by atoms with E-state index in [2.05, 4.69) is 0 Å². The van der Waals surface area contributed by atoms with E-state index >= 15 is 0 Å². The first-order chi connectivity index (χ1) is 6.45. The maximum Gasteiger partial charge on any atom is 0.169 e. The molecule has 5 heteroatoms. The van der Waals surface area contributed by atoms with Gasteiger partial charge in [-0.25, -0.2) is 0 Å². The lowest BCUT2D eigenvalue weighted by Crippen LogP contribution is -2.55. The second-order valence-electron chi connectivity index (χ2n) is 4.06. The average Bonchev–Trinajstić information content (AvgIpc) is 2.15. The highest BCUT2D eigenvalue weighted by atomic mass is 16.7. The average molecular weight is 205 g/mol. The van der Waals surface area contributed by atoms with Crippen molar-refractivity contribution in [3.63, 3.8) is 0 Å². The first-order valence-electron chi connectivity index (χ1n) is 4.74. The Morgan fingerprint density at radius 2 is 2.21 bits per heavy atom. The monoisotopic (exact) mass is 205 g/mol. The van der Waals surface area contributed by atoms with Gasteiger partial charge in [0.2, 0.25) is 0 Å². The van der Waals surface area contributed by atoms with Crippen LogP contribution in [0, 0.1) is 0 Å². The number of ether oxygens (including phenoxy) is 2. The summed E-state index contributed by atoms with van der Waals surface area (Å²) in [5, 5.41) is 19.4. The van der Waals surface area contributed by atoms with Gasteiger partial charge in [0.15, 0.2) is 6.29 Å². The van der Waals surface area contributed by atoms with Crippen molar-refractivity contribution in [2.45, 2.75) is 32.0 Å². The summed E-state index contributed by atoms with van der Waals surface area (Å²) in [7, 11) is 1.56. The van der Waals surface area contributed by atoms with Crippen molar-refractivity contribution in [2.24, 2.45) is 0 Å². The van der Waals surface area contributed by atoms with Gasteiger partial charge in [-0.3, -0.25) is 4.90 Å². The fourth-order valence-electron chi connectivity index (χ4n) is 1.45. The fourth-order valence-corrected chi connectivity index (χ4v) is 1.45. The third-order valence-corrected chi connectivity index (χ3v) is 2.31. The number of hydrogen-bond donors (Lipinski definition) is 2. The maximum absolute atomic E-state index is 9.79. The number of aliphatic hydroxyl groups is 2. The lowest BCUT2D eigenvalue weighted by molar-refractivity contribution is -0.213. The highest BCUT2D eigenvalue weighted by Crippen LogP contribution is 2.16. The van der Waals surface area contributed by atoms with Crippen molar-refractivity contribution in [3.8, 4) is 0 Å². The van der Waals surface area contributed by atoms with Gasteiger partial charge in [-0.1, -0.05) is 0 Å². The Hall–Kier alpha value is -0.200. The third-order valence-electron chi connectivity index (χ3n) is 2.31. The van der Waals surface area contributed by atoms with Crippen LogP contribution in [0.4, 0.5) is 0 Å². The molecule has 1 aliphatic heterocycles. The van der Waals surface area contributed by atoms with Crippen LogP contribution in [0.5, 0.6) is 0 Å². The van der Waals surface area contributed by atoms with Crippen LogP contribution >= 0.6 is 0 Å². The van der Waals surface area contributed by atoms with E-state index in [1.807, 2.05) is 0 Å². The number of hydrogen-bond acceptors (Lipinski definition) is 5. The first-order valence-corrected chi connectivity index (χ1v) is 4.74. The van der Waals surface area contributed by atoms with Crippen molar-refractivity contribution in [1.82, 2.24) is 4.90 Å². The molecule has 14 heavy (non-hydrogen) atoms. The molecular weight excluding hydrogens is 186 g/mol. The molecule has 1 heterocycles. The van der Waals surface area contributed by atoms with Crippen LogP contribution in [0.15, 0.2) is 0 Å². The zero-order chi connectivity index (χ0) is 10.8. The molecule has 2 atom stereocenters. The molecule has 0 aromatic carbocycles. The molecule has 1 rings (SSSR count). The second kappa shape index (κ2) is 4.55. The van der Waals surface area contributed by atoms with Gasteiger partial charge < -0.3 is 19.7 Å². The maximum atomic E-state index is 9.79. The molecule has 84 valence electrons. The van der Waals surface area contributed by atoms with Gasteiger partial charge in [-0.2, -0.15) is 0 Å². The highest BCUT2D eigenvalue weighted by molar-refractivity contribution is 4.79. The summed E-state index contributed by atoms with van der Waals surface area (Å²) in [6, 6.07) is 0. The molecule has 0 saturated carbocycles. The lowest BCUT2D eigenvalue weighted by Gasteiger charge is -2.39. The van der Waals surface area contributed by atoms with E-state index in [0.717, 1.165) is 0 Å². The summed E-state index contributed by atoms with van der Waals surface area (Å²) < 4.78 is 10.3. The molecule has 0 spiro atoms. The molecule has 5 nitrogen and oxygen atoms in total. The molecule has 1 unspecified atom stereocenters. The summed E-state index contributed by atoms with van der Waals surface area (Å²) >= 11 is 0. The van der Waals surface area contributed by atoms with Gasteiger partial charge in [-0.05, 0) is 13.8 Å². The molecule has 0 radical (unpaired) electrons. The van der Waals surface area contributed by atoms with Crippen molar-refractivity contribution < 1.29 is 19.7 Å². The molecule has 0 amide bonds. The van der Waals surface area contributed by atoms with E-state index in [1.165, 1.54) is 0 Å². The van der Waals surface area contributed by atoms with E-state index < -0.39 is 11.8 Å². The quantitative estimate of drug-likeness (QED) is 0.643. The number of aliphatic hydroxyl groups excluding tert-OH is 1. The third kappa shape index (κ3) is 2.90.